The van der Waals surface area contributed by atoms with Crippen LogP contribution >= 0.6 is 0 Å². The minimum Gasteiger partial charge on any atom is -0.491 e. The van der Waals surface area contributed by atoms with Crippen LogP contribution in [0.5, 0.6) is 5.75 Å². The zero-order valence-corrected chi connectivity index (χ0v) is 13.1. The van der Waals surface area contributed by atoms with Crippen molar-refractivity contribution in [3.63, 3.8) is 0 Å². The average Bonchev–Trinajstić information content (AvgIpc) is 2.93. The lowest BCUT2D eigenvalue weighted by atomic mass is 10.2. The van der Waals surface area contributed by atoms with Crippen LogP contribution < -0.4 is 4.74 Å². The molecule has 2 aliphatic heterocycles. The lowest BCUT2D eigenvalue weighted by Crippen LogP contribution is -2.31. The molecular weight excluding hydrogens is 278 g/mol. The van der Waals surface area contributed by atoms with Crippen molar-refractivity contribution in [2.45, 2.75) is 44.6 Å². The number of benzene rings is 1. The molecule has 2 heterocycles. The summed E-state index contributed by atoms with van der Waals surface area (Å²) >= 11 is 0. The highest BCUT2D eigenvalue weighted by atomic mass is 16.5. The molecule has 3 rings (SSSR count). The van der Waals surface area contributed by atoms with E-state index in [4.69, 9.17) is 9.47 Å². The quantitative estimate of drug-likeness (QED) is 0.857. The van der Waals surface area contributed by atoms with Crippen molar-refractivity contribution in [2.75, 3.05) is 26.3 Å². The van der Waals surface area contributed by atoms with Gasteiger partial charge in [0.2, 0.25) is 0 Å². The maximum Gasteiger partial charge on any atom is 0.253 e. The Bertz CT molecular complexity index is 472. The van der Waals surface area contributed by atoms with Crippen molar-refractivity contribution in [2.24, 2.45) is 0 Å². The van der Waals surface area contributed by atoms with E-state index in [0.29, 0.717) is 6.61 Å². The van der Waals surface area contributed by atoms with Gasteiger partial charge in [-0.15, -0.1) is 0 Å². The van der Waals surface area contributed by atoms with Crippen molar-refractivity contribution < 1.29 is 14.3 Å². The Morgan fingerprint density at radius 1 is 1.09 bits per heavy atom. The molecule has 2 saturated heterocycles. The first kappa shape index (κ1) is 15.3. The Labute approximate surface area is 132 Å². The van der Waals surface area contributed by atoms with E-state index < -0.39 is 0 Å². The maximum absolute atomic E-state index is 12.5. The van der Waals surface area contributed by atoms with E-state index in [9.17, 15) is 4.79 Å². The molecule has 22 heavy (non-hydrogen) atoms. The molecule has 0 aliphatic carbocycles. The highest BCUT2D eigenvalue weighted by Gasteiger charge is 2.18. The molecule has 2 fully saturated rings. The Morgan fingerprint density at radius 3 is 2.45 bits per heavy atom. The van der Waals surface area contributed by atoms with Gasteiger partial charge in [0.15, 0.2) is 0 Å². The van der Waals surface area contributed by atoms with Crippen LogP contribution in [0, 0.1) is 0 Å². The second-order valence-electron chi connectivity index (χ2n) is 6.18. The van der Waals surface area contributed by atoms with Crippen molar-refractivity contribution >= 4 is 5.91 Å². The molecule has 1 aromatic carbocycles. The van der Waals surface area contributed by atoms with Gasteiger partial charge in [0.05, 0.1) is 6.10 Å². The first-order valence-corrected chi connectivity index (χ1v) is 8.47. The molecule has 4 nitrogen and oxygen atoms in total. The van der Waals surface area contributed by atoms with Crippen LogP contribution in [-0.2, 0) is 4.74 Å². The third-order valence-electron chi connectivity index (χ3n) is 4.45. The Morgan fingerprint density at radius 2 is 1.82 bits per heavy atom. The van der Waals surface area contributed by atoms with E-state index in [-0.39, 0.29) is 12.0 Å². The third kappa shape index (κ3) is 4.01. The molecular formula is C18H25NO3. The minimum atomic E-state index is 0.146. The summed E-state index contributed by atoms with van der Waals surface area (Å²) in [6.45, 7) is 3.21. The van der Waals surface area contributed by atoms with Gasteiger partial charge in [-0.3, -0.25) is 4.79 Å². The molecule has 1 unspecified atom stereocenters. The predicted molar refractivity (Wildman–Crippen MR) is 85.3 cm³/mol. The number of amides is 1. The topological polar surface area (TPSA) is 38.8 Å². The zero-order chi connectivity index (χ0) is 15.2. The molecule has 0 aromatic heterocycles. The van der Waals surface area contributed by atoms with Gasteiger partial charge >= 0.3 is 0 Å². The summed E-state index contributed by atoms with van der Waals surface area (Å²) < 4.78 is 11.3. The molecule has 0 spiro atoms. The summed E-state index contributed by atoms with van der Waals surface area (Å²) in [7, 11) is 0. The van der Waals surface area contributed by atoms with Crippen LogP contribution in [0.2, 0.25) is 0 Å². The maximum atomic E-state index is 12.5. The van der Waals surface area contributed by atoms with Crippen LogP contribution in [0.25, 0.3) is 0 Å². The summed E-state index contributed by atoms with van der Waals surface area (Å²) in [5.41, 5.74) is 0.756. The average molecular weight is 303 g/mol. The van der Waals surface area contributed by atoms with E-state index in [1.165, 1.54) is 12.8 Å². The second-order valence-corrected chi connectivity index (χ2v) is 6.18. The van der Waals surface area contributed by atoms with Gasteiger partial charge in [0, 0.05) is 25.3 Å². The number of nitrogens with zero attached hydrogens (tertiary/aromatic N) is 1. The standard InChI is InChI=1S/C18H25NO3/c20-18(19-11-3-1-2-4-12-19)15-7-9-16(10-8-15)22-14-17-6-5-13-21-17/h7-10,17H,1-6,11-14H2. The Hall–Kier alpha value is -1.55. The van der Waals surface area contributed by atoms with Crippen molar-refractivity contribution in [3.8, 4) is 5.75 Å². The van der Waals surface area contributed by atoms with Gasteiger partial charge in [-0.1, -0.05) is 12.8 Å². The van der Waals surface area contributed by atoms with Crippen molar-refractivity contribution in [1.82, 2.24) is 4.90 Å². The lowest BCUT2D eigenvalue weighted by molar-refractivity contribution is 0.0678. The molecule has 0 N–H and O–H groups in total. The van der Waals surface area contributed by atoms with Gasteiger partial charge in [-0.05, 0) is 49.9 Å². The summed E-state index contributed by atoms with van der Waals surface area (Å²) in [5.74, 6) is 0.954. The predicted octanol–water partition coefficient (Wildman–Crippen LogP) is 3.26. The largest absolute Gasteiger partial charge is 0.491 e. The monoisotopic (exact) mass is 303 g/mol. The van der Waals surface area contributed by atoms with E-state index in [2.05, 4.69) is 0 Å². The molecule has 2 aliphatic rings. The van der Waals surface area contributed by atoms with E-state index >= 15 is 0 Å². The lowest BCUT2D eigenvalue weighted by Gasteiger charge is -2.20. The van der Waals surface area contributed by atoms with Crippen LogP contribution in [-0.4, -0.2) is 43.2 Å². The van der Waals surface area contributed by atoms with E-state index in [1.54, 1.807) is 0 Å². The number of likely N-dealkylation sites (tertiary alicyclic amines) is 1. The molecule has 0 saturated carbocycles. The van der Waals surface area contributed by atoms with E-state index in [1.807, 2.05) is 29.2 Å². The SMILES string of the molecule is O=C(c1ccc(OCC2CCCO2)cc1)N1CCCCCC1. The molecule has 4 heteroatoms. The highest BCUT2D eigenvalue weighted by molar-refractivity contribution is 5.94. The van der Waals surface area contributed by atoms with Crippen molar-refractivity contribution in [1.29, 1.82) is 0 Å². The summed E-state index contributed by atoms with van der Waals surface area (Å²) in [4.78, 5) is 14.5. The van der Waals surface area contributed by atoms with Gasteiger partial charge in [-0.25, -0.2) is 0 Å². The molecule has 0 radical (unpaired) electrons. The zero-order valence-electron chi connectivity index (χ0n) is 13.1. The van der Waals surface area contributed by atoms with Crippen LogP contribution in [0.15, 0.2) is 24.3 Å². The minimum absolute atomic E-state index is 0.146. The second kappa shape index (κ2) is 7.63. The fourth-order valence-corrected chi connectivity index (χ4v) is 3.12. The summed E-state index contributed by atoms with van der Waals surface area (Å²) in [5, 5.41) is 0. The number of hydrogen-bond acceptors (Lipinski definition) is 3. The normalized spacial score (nSPS) is 22.4. The Balaban J connectivity index is 1.54. The molecule has 120 valence electrons. The molecule has 1 aromatic rings. The van der Waals surface area contributed by atoms with Gasteiger partial charge in [0.25, 0.3) is 5.91 Å². The smallest absolute Gasteiger partial charge is 0.253 e. The van der Waals surface area contributed by atoms with Gasteiger partial charge < -0.3 is 14.4 Å². The van der Waals surface area contributed by atoms with Crippen LogP contribution in [0.1, 0.15) is 48.9 Å². The highest BCUT2D eigenvalue weighted by Crippen LogP contribution is 2.18. The first-order chi connectivity index (χ1) is 10.8. The summed E-state index contributed by atoms with van der Waals surface area (Å²) in [6.07, 6.45) is 7.13. The summed E-state index contributed by atoms with van der Waals surface area (Å²) in [6, 6.07) is 7.52. The van der Waals surface area contributed by atoms with E-state index in [0.717, 1.165) is 56.7 Å². The number of carbonyl (C=O) groups is 1. The van der Waals surface area contributed by atoms with Crippen molar-refractivity contribution in [3.05, 3.63) is 29.8 Å². The number of rotatable bonds is 4. The fraction of sp³-hybridized carbons (Fsp3) is 0.611. The third-order valence-corrected chi connectivity index (χ3v) is 4.45. The number of hydrogen-bond donors (Lipinski definition) is 0. The molecule has 1 amide bonds. The first-order valence-electron chi connectivity index (χ1n) is 8.47. The fourth-order valence-electron chi connectivity index (χ4n) is 3.12. The molecule has 1 atom stereocenters. The Kier molecular flexibility index (Phi) is 5.33. The number of ether oxygens (including phenoxy) is 2. The van der Waals surface area contributed by atoms with Gasteiger partial charge in [0.1, 0.15) is 12.4 Å². The van der Waals surface area contributed by atoms with Crippen LogP contribution in [0.3, 0.4) is 0 Å². The molecule has 0 bridgehead atoms. The number of carbonyl (C=O) groups excluding carboxylic acids is 1. The van der Waals surface area contributed by atoms with Crippen LogP contribution in [0.4, 0.5) is 0 Å². The van der Waals surface area contributed by atoms with Gasteiger partial charge in [-0.2, -0.15) is 0 Å².